The third-order valence-corrected chi connectivity index (χ3v) is 4.57. The number of aliphatic imine (C=N–C) groups is 1. The second kappa shape index (κ2) is 7.32. The van der Waals surface area contributed by atoms with Crippen LogP contribution in [0.3, 0.4) is 0 Å². The van der Waals surface area contributed by atoms with Gasteiger partial charge in [-0.3, -0.25) is 15.1 Å². The van der Waals surface area contributed by atoms with Crippen LogP contribution in [0.4, 0.5) is 11.4 Å². The van der Waals surface area contributed by atoms with E-state index in [0.29, 0.717) is 5.56 Å². The highest BCUT2D eigenvalue weighted by Gasteiger charge is 2.06. The average molecular weight is 368 g/mol. The fourth-order valence-corrected chi connectivity index (χ4v) is 3.07. The van der Waals surface area contributed by atoms with Crippen LogP contribution in [0.15, 0.2) is 89.9 Å². The van der Waals surface area contributed by atoms with Crippen molar-refractivity contribution in [3.05, 3.63) is 101 Å². The predicted octanol–water partition coefficient (Wildman–Crippen LogP) is 5.87. The lowest BCUT2D eigenvalue weighted by Crippen LogP contribution is -1.87. The number of fused-ring (bicyclic) bond motifs is 1. The van der Waals surface area contributed by atoms with Gasteiger partial charge < -0.3 is 5.11 Å². The minimum Gasteiger partial charge on any atom is -0.507 e. The van der Waals surface area contributed by atoms with E-state index in [4.69, 9.17) is 0 Å². The van der Waals surface area contributed by atoms with Crippen LogP contribution in [0.2, 0.25) is 0 Å². The normalized spacial score (nSPS) is 11.1. The molecular formula is C23H16N2O3. The van der Waals surface area contributed by atoms with Crippen molar-refractivity contribution in [2.24, 2.45) is 4.99 Å². The first kappa shape index (κ1) is 17.4. The molecule has 0 fully saturated rings. The lowest BCUT2D eigenvalue weighted by atomic mass is 10.0. The largest absolute Gasteiger partial charge is 0.507 e. The second-order valence-corrected chi connectivity index (χ2v) is 6.33. The maximum absolute atomic E-state index is 10.8. The smallest absolute Gasteiger partial charge is 0.269 e. The summed E-state index contributed by atoms with van der Waals surface area (Å²) in [5.41, 5.74) is 3.34. The summed E-state index contributed by atoms with van der Waals surface area (Å²) < 4.78 is 0. The molecule has 4 aromatic carbocycles. The van der Waals surface area contributed by atoms with E-state index in [0.717, 1.165) is 27.6 Å². The van der Waals surface area contributed by atoms with Gasteiger partial charge in [-0.25, -0.2) is 0 Å². The number of benzene rings is 4. The van der Waals surface area contributed by atoms with E-state index < -0.39 is 4.92 Å². The van der Waals surface area contributed by atoms with Gasteiger partial charge in [-0.2, -0.15) is 0 Å². The number of non-ortho nitro benzene ring substituents is 1. The van der Waals surface area contributed by atoms with Crippen molar-refractivity contribution in [2.75, 3.05) is 0 Å². The first-order valence-electron chi connectivity index (χ1n) is 8.71. The maximum atomic E-state index is 10.8. The Bertz CT molecular complexity index is 1180. The molecule has 1 N–H and O–H groups in total. The fourth-order valence-electron chi connectivity index (χ4n) is 3.07. The van der Waals surface area contributed by atoms with Crippen LogP contribution in [0.25, 0.3) is 21.9 Å². The van der Waals surface area contributed by atoms with Crippen LogP contribution in [-0.4, -0.2) is 16.2 Å². The van der Waals surface area contributed by atoms with Crippen molar-refractivity contribution < 1.29 is 10.0 Å². The SMILES string of the molecule is O=[N+]([O-])c1ccc(-c2ccc(N=Cc3c(O)ccc4ccccc34)cc2)cc1. The molecule has 0 aliphatic carbocycles. The molecule has 0 bridgehead atoms. The van der Waals surface area contributed by atoms with E-state index in [1.807, 2.05) is 54.6 Å². The molecule has 0 aliphatic heterocycles. The maximum Gasteiger partial charge on any atom is 0.269 e. The van der Waals surface area contributed by atoms with E-state index in [1.54, 1.807) is 24.4 Å². The number of nitrogens with zero attached hydrogens (tertiary/aromatic N) is 2. The van der Waals surface area contributed by atoms with Crippen LogP contribution in [0.1, 0.15) is 5.56 Å². The van der Waals surface area contributed by atoms with Crippen LogP contribution in [0, 0.1) is 10.1 Å². The molecule has 4 aromatic rings. The highest BCUT2D eigenvalue weighted by Crippen LogP contribution is 2.27. The van der Waals surface area contributed by atoms with Gasteiger partial charge in [-0.05, 0) is 52.2 Å². The first-order valence-corrected chi connectivity index (χ1v) is 8.71. The lowest BCUT2D eigenvalue weighted by molar-refractivity contribution is -0.384. The van der Waals surface area contributed by atoms with Crippen molar-refractivity contribution in [1.82, 2.24) is 0 Å². The number of nitro groups is 1. The van der Waals surface area contributed by atoms with Crippen molar-refractivity contribution >= 4 is 28.4 Å². The number of hydrogen-bond acceptors (Lipinski definition) is 4. The Morgan fingerprint density at radius 3 is 2.14 bits per heavy atom. The van der Waals surface area contributed by atoms with Crippen LogP contribution < -0.4 is 0 Å². The average Bonchev–Trinajstić information content (AvgIpc) is 2.73. The van der Waals surface area contributed by atoms with Gasteiger partial charge >= 0.3 is 0 Å². The number of rotatable bonds is 4. The molecule has 0 atom stereocenters. The zero-order valence-corrected chi connectivity index (χ0v) is 14.8. The summed E-state index contributed by atoms with van der Waals surface area (Å²) in [6.45, 7) is 0. The van der Waals surface area contributed by atoms with E-state index in [-0.39, 0.29) is 11.4 Å². The van der Waals surface area contributed by atoms with Gasteiger partial charge in [-0.1, -0.05) is 42.5 Å². The van der Waals surface area contributed by atoms with Gasteiger partial charge in [-0.15, -0.1) is 0 Å². The summed E-state index contributed by atoms with van der Waals surface area (Å²) in [6, 6.07) is 25.4. The third kappa shape index (κ3) is 3.46. The molecule has 0 amide bonds. The molecule has 4 rings (SSSR count). The minimum absolute atomic E-state index is 0.0693. The quantitative estimate of drug-likeness (QED) is 0.278. The van der Waals surface area contributed by atoms with Crippen LogP contribution >= 0.6 is 0 Å². The molecule has 0 aliphatic rings. The Hall–Kier alpha value is -3.99. The highest BCUT2D eigenvalue weighted by atomic mass is 16.6. The van der Waals surface area contributed by atoms with Gasteiger partial charge in [0.05, 0.1) is 10.6 Å². The Morgan fingerprint density at radius 2 is 1.46 bits per heavy atom. The van der Waals surface area contributed by atoms with Gasteiger partial charge in [0.15, 0.2) is 0 Å². The molecule has 0 saturated heterocycles. The highest BCUT2D eigenvalue weighted by molar-refractivity contribution is 6.03. The molecule has 5 nitrogen and oxygen atoms in total. The molecule has 28 heavy (non-hydrogen) atoms. The molecule has 136 valence electrons. The minimum atomic E-state index is -0.412. The number of nitro benzene ring substituents is 1. The number of hydrogen-bond donors (Lipinski definition) is 1. The Labute approximate surface area is 161 Å². The summed E-state index contributed by atoms with van der Waals surface area (Å²) >= 11 is 0. The summed E-state index contributed by atoms with van der Waals surface area (Å²) in [4.78, 5) is 14.8. The summed E-state index contributed by atoms with van der Waals surface area (Å²) in [7, 11) is 0. The zero-order chi connectivity index (χ0) is 19.5. The summed E-state index contributed by atoms with van der Waals surface area (Å²) in [5, 5.41) is 22.9. The zero-order valence-electron chi connectivity index (χ0n) is 14.8. The van der Waals surface area contributed by atoms with Crippen LogP contribution in [-0.2, 0) is 0 Å². The number of phenols is 1. The van der Waals surface area contributed by atoms with Crippen LogP contribution in [0.5, 0.6) is 5.75 Å². The number of aromatic hydroxyl groups is 1. The van der Waals surface area contributed by atoms with E-state index in [2.05, 4.69) is 4.99 Å². The van der Waals surface area contributed by atoms with Gasteiger partial charge in [0, 0.05) is 23.9 Å². The molecule has 0 unspecified atom stereocenters. The fraction of sp³-hybridized carbons (Fsp3) is 0. The van der Waals surface area contributed by atoms with Crippen molar-refractivity contribution in [3.63, 3.8) is 0 Å². The van der Waals surface area contributed by atoms with Crippen molar-refractivity contribution in [3.8, 4) is 16.9 Å². The monoisotopic (exact) mass is 368 g/mol. The summed E-state index contributed by atoms with van der Waals surface area (Å²) in [5.74, 6) is 0.185. The molecule has 0 radical (unpaired) electrons. The third-order valence-electron chi connectivity index (χ3n) is 4.57. The van der Waals surface area contributed by atoms with E-state index in [1.165, 1.54) is 12.1 Å². The predicted molar refractivity (Wildman–Crippen MR) is 111 cm³/mol. The number of phenolic OH excluding ortho intramolecular Hbond substituents is 1. The van der Waals surface area contributed by atoms with Gasteiger partial charge in [0.1, 0.15) is 5.75 Å². The van der Waals surface area contributed by atoms with Gasteiger partial charge in [0.2, 0.25) is 0 Å². The lowest BCUT2D eigenvalue weighted by Gasteiger charge is -2.05. The molecule has 0 heterocycles. The van der Waals surface area contributed by atoms with Gasteiger partial charge in [0.25, 0.3) is 5.69 Å². The standard InChI is InChI=1S/C23H16N2O3/c26-23-14-9-18-3-1-2-4-21(18)22(23)15-24-19-10-5-16(6-11-19)17-7-12-20(13-8-17)25(27)28/h1-15,26H. The molecular weight excluding hydrogens is 352 g/mol. The van der Waals surface area contributed by atoms with Crippen molar-refractivity contribution in [1.29, 1.82) is 0 Å². The Kier molecular flexibility index (Phi) is 4.56. The Balaban J connectivity index is 1.60. The van der Waals surface area contributed by atoms with E-state index in [9.17, 15) is 15.2 Å². The second-order valence-electron chi connectivity index (χ2n) is 6.33. The molecule has 5 heteroatoms. The summed E-state index contributed by atoms with van der Waals surface area (Å²) in [6.07, 6.45) is 1.67. The molecule has 0 spiro atoms. The Morgan fingerprint density at radius 1 is 0.821 bits per heavy atom. The molecule has 0 saturated carbocycles. The topological polar surface area (TPSA) is 75.7 Å². The van der Waals surface area contributed by atoms with Crippen molar-refractivity contribution in [2.45, 2.75) is 0 Å². The first-order chi connectivity index (χ1) is 13.6. The van der Waals surface area contributed by atoms with E-state index >= 15 is 0 Å². The molecule has 0 aromatic heterocycles.